The molecule has 86 valence electrons. The molecule has 3 heteroatoms. The number of carboxylic acids is 1. The van der Waals surface area contributed by atoms with Crippen LogP contribution < -0.4 is 5.73 Å². The van der Waals surface area contributed by atoms with Gasteiger partial charge in [0.1, 0.15) is 5.54 Å². The van der Waals surface area contributed by atoms with Crippen LogP contribution in [0, 0.1) is 0 Å². The lowest BCUT2D eigenvalue weighted by Crippen LogP contribution is -2.50. The summed E-state index contributed by atoms with van der Waals surface area (Å²) < 4.78 is 0. The van der Waals surface area contributed by atoms with Crippen molar-refractivity contribution in [3.63, 3.8) is 0 Å². The zero-order valence-corrected chi connectivity index (χ0v) is 9.66. The predicted octanol–water partition coefficient (Wildman–Crippen LogP) is 2.00. The minimum absolute atomic E-state index is 0.00884. The largest absolute Gasteiger partial charge is 0.480 e. The van der Waals surface area contributed by atoms with Crippen molar-refractivity contribution >= 4 is 5.97 Å². The van der Waals surface area contributed by atoms with Crippen molar-refractivity contribution in [1.29, 1.82) is 0 Å². The summed E-state index contributed by atoms with van der Waals surface area (Å²) in [6, 6.07) is 7.61. The van der Waals surface area contributed by atoms with Crippen LogP contribution in [-0.4, -0.2) is 11.1 Å². The number of aliphatic carboxylic acids is 1. The smallest absolute Gasteiger partial charge is 0.328 e. The topological polar surface area (TPSA) is 63.3 Å². The fourth-order valence-corrected chi connectivity index (χ4v) is 2.46. The van der Waals surface area contributed by atoms with Crippen molar-refractivity contribution < 1.29 is 9.90 Å². The van der Waals surface area contributed by atoms with E-state index in [9.17, 15) is 9.90 Å². The number of hydrogen-bond acceptors (Lipinski definition) is 2. The maximum absolute atomic E-state index is 11.3. The van der Waals surface area contributed by atoms with Crippen LogP contribution in [0.4, 0.5) is 0 Å². The van der Waals surface area contributed by atoms with Crippen LogP contribution in [0.3, 0.4) is 0 Å². The molecule has 0 heterocycles. The standard InChI is InChI=1S/C13H17NO2/c1-12(2)7-8-13(14,11(15)16)10-6-4-3-5-9(10)12/h3-6H,7-8,14H2,1-2H3,(H,15,16). The molecular weight excluding hydrogens is 202 g/mol. The summed E-state index contributed by atoms with van der Waals surface area (Å²) in [7, 11) is 0. The van der Waals surface area contributed by atoms with Crippen LogP contribution in [0.5, 0.6) is 0 Å². The first-order chi connectivity index (χ1) is 7.38. The van der Waals surface area contributed by atoms with Gasteiger partial charge in [0.05, 0.1) is 0 Å². The van der Waals surface area contributed by atoms with Gasteiger partial charge >= 0.3 is 5.97 Å². The van der Waals surface area contributed by atoms with E-state index in [2.05, 4.69) is 13.8 Å². The number of hydrogen-bond donors (Lipinski definition) is 2. The van der Waals surface area contributed by atoms with Crippen molar-refractivity contribution in [2.24, 2.45) is 5.73 Å². The lowest BCUT2D eigenvalue weighted by Gasteiger charge is -2.40. The van der Waals surface area contributed by atoms with E-state index in [-0.39, 0.29) is 5.41 Å². The molecule has 0 aromatic heterocycles. The van der Waals surface area contributed by atoms with Gasteiger partial charge in [-0.05, 0) is 29.4 Å². The first-order valence-electron chi connectivity index (χ1n) is 5.50. The maximum atomic E-state index is 11.3. The minimum atomic E-state index is -1.22. The molecule has 1 aliphatic rings. The average Bonchev–Trinajstić information content (AvgIpc) is 2.24. The van der Waals surface area contributed by atoms with Crippen LogP contribution in [0.15, 0.2) is 24.3 Å². The summed E-state index contributed by atoms with van der Waals surface area (Å²) in [5.41, 5.74) is 6.65. The lowest BCUT2D eigenvalue weighted by atomic mass is 9.66. The van der Waals surface area contributed by atoms with Gasteiger partial charge in [-0.3, -0.25) is 0 Å². The van der Waals surface area contributed by atoms with Gasteiger partial charge in [-0.1, -0.05) is 38.1 Å². The minimum Gasteiger partial charge on any atom is -0.480 e. The van der Waals surface area contributed by atoms with E-state index >= 15 is 0 Å². The Morgan fingerprint density at radius 2 is 1.81 bits per heavy atom. The molecule has 1 aromatic rings. The molecule has 0 bridgehead atoms. The van der Waals surface area contributed by atoms with E-state index in [4.69, 9.17) is 5.73 Å². The summed E-state index contributed by atoms with van der Waals surface area (Å²) in [5, 5.41) is 9.29. The monoisotopic (exact) mass is 219 g/mol. The van der Waals surface area contributed by atoms with E-state index in [0.29, 0.717) is 6.42 Å². The molecule has 1 aromatic carbocycles. The molecule has 0 fully saturated rings. The third-order valence-corrected chi connectivity index (χ3v) is 3.66. The third kappa shape index (κ3) is 1.43. The van der Waals surface area contributed by atoms with Crippen molar-refractivity contribution in [1.82, 2.24) is 0 Å². The molecule has 3 nitrogen and oxygen atoms in total. The molecule has 2 rings (SSSR count). The molecule has 1 aliphatic carbocycles. The molecule has 0 saturated carbocycles. The van der Waals surface area contributed by atoms with Gasteiger partial charge in [0.2, 0.25) is 0 Å². The van der Waals surface area contributed by atoms with Gasteiger partial charge < -0.3 is 10.8 Å². The second-order valence-corrected chi connectivity index (χ2v) is 5.21. The number of carbonyl (C=O) groups is 1. The molecule has 1 atom stereocenters. The van der Waals surface area contributed by atoms with Gasteiger partial charge in [-0.2, -0.15) is 0 Å². The Bertz CT molecular complexity index is 439. The molecule has 3 N–H and O–H groups in total. The quantitative estimate of drug-likeness (QED) is 0.759. The van der Waals surface area contributed by atoms with Crippen molar-refractivity contribution in [3.8, 4) is 0 Å². The molecule has 0 saturated heterocycles. The Hall–Kier alpha value is -1.35. The van der Waals surface area contributed by atoms with Crippen molar-refractivity contribution in [2.75, 3.05) is 0 Å². The van der Waals surface area contributed by atoms with Crippen LogP contribution in [0.1, 0.15) is 37.8 Å². The fourth-order valence-electron chi connectivity index (χ4n) is 2.46. The maximum Gasteiger partial charge on any atom is 0.328 e. The normalized spacial score (nSPS) is 27.2. The Morgan fingerprint density at radius 1 is 1.25 bits per heavy atom. The molecule has 1 unspecified atom stereocenters. The molecular formula is C13H17NO2. The SMILES string of the molecule is CC1(C)CCC(N)(C(=O)O)c2ccccc21. The van der Waals surface area contributed by atoms with Crippen LogP contribution in [-0.2, 0) is 15.7 Å². The van der Waals surface area contributed by atoms with E-state index in [1.54, 1.807) is 0 Å². The molecule has 16 heavy (non-hydrogen) atoms. The molecule has 0 aliphatic heterocycles. The Morgan fingerprint density at radius 3 is 2.38 bits per heavy atom. The first-order valence-corrected chi connectivity index (χ1v) is 5.50. The number of benzene rings is 1. The highest BCUT2D eigenvalue weighted by molar-refractivity contribution is 5.81. The summed E-state index contributed by atoms with van der Waals surface area (Å²) in [5.74, 6) is -0.935. The van der Waals surface area contributed by atoms with Crippen LogP contribution in [0.25, 0.3) is 0 Å². The van der Waals surface area contributed by atoms with Gasteiger partial charge in [-0.25, -0.2) is 4.79 Å². The molecule has 0 amide bonds. The van der Waals surface area contributed by atoms with E-state index in [0.717, 1.165) is 17.5 Å². The summed E-state index contributed by atoms with van der Waals surface area (Å²) in [4.78, 5) is 11.3. The van der Waals surface area contributed by atoms with Crippen molar-refractivity contribution in [2.45, 2.75) is 37.6 Å². The molecule has 0 radical (unpaired) electrons. The number of nitrogens with two attached hydrogens (primary N) is 1. The zero-order valence-electron chi connectivity index (χ0n) is 9.66. The zero-order chi connectivity index (χ0) is 12.0. The third-order valence-electron chi connectivity index (χ3n) is 3.66. The Balaban J connectivity index is 2.64. The van der Waals surface area contributed by atoms with Gasteiger partial charge in [-0.15, -0.1) is 0 Å². The lowest BCUT2D eigenvalue weighted by molar-refractivity contribution is -0.144. The number of fused-ring (bicyclic) bond motifs is 1. The van der Waals surface area contributed by atoms with E-state index in [1.165, 1.54) is 0 Å². The van der Waals surface area contributed by atoms with Gasteiger partial charge in [0.15, 0.2) is 0 Å². The second kappa shape index (κ2) is 3.32. The Labute approximate surface area is 95.3 Å². The van der Waals surface area contributed by atoms with E-state index in [1.807, 2.05) is 24.3 Å². The summed E-state index contributed by atoms with van der Waals surface area (Å²) in [6.07, 6.45) is 1.29. The summed E-state index contributed by atoms with van der Waals surface area (Å²) in [6.45, 7) is 4.26. The number of carboxylic acid groups (broad SMARTS) is 1. The average molecular weight is 219 g/mol. The fraction of sp³-hybridized carbons (Fsp3) is 0.462. The molecule has 0 spiro atoms. The predicted molar refractivity (Wildman–Crippen MR) is 62.2 cm³/mol. The van der Waals surface area contributed by atoms with Crippen LogP contribution >= 0.6 is 0 Å². The van der Waals surface area contributed by atoms with Gasteiger partial charge in [0, 0.05) is 0 Å². The highest BCUT2D eigenvalue weighted by Gasteiger charge is 2.45. The first kappa shape index (κ1) is 11.1. The second-order valence-electron chi connectivity index (χ2n) is 5.21. The highest BCUT2D eigenvalue weighted by atomic mass is 16.4. The van der Waals surface area contributed by atoms with Gasteiger partial charge in [0.25, 0.3) is 0 Å². The van der Waals surface area contributed by atoms with Crippen LogP contribution in [0.2, 0.25) is 0 Å². The van der Waals surface area contributed by atoms with E-state index < -0.39 is 11.5 Å². The van der Waals surface area contributed by atoms with Crippen molar-refractivity contribution in [3.05, 3.63) is 35.4 Å². The highest BCUT2D eigenvalue weighted by Crippen LogP contribution is 2.43. The summed E-state index contributed by atoms with van der Waals surface area (Å²) >= 11 is 0. The Kier molecular flexibility index (Phi) is 2.31. The number of rotatable bonds is 1.